The third-order valence-corrected chi connectivity index (χ3v) is 3.92. The standard InChI is InChI=1S/C17H16BrN3O6/c1-25-15-5-3-11(7-16(15)26-2)9-19-20-17(22)10-27-14-6-4-12(21(23)24)8-13(14)18/h3-9H,10H2,1-2H3,(H,20,22)/b19-9-. The summed E-state index contributed by atoms with van der Waals surface area (Å²) in [5.74, 6) is 0.941. The highest BCUT2D eigenvalue weighted by atomic mass is 79.9. The molecule has 0 saturated carbocycles. The Morgan fingerprint density at radius 3 is 2.52 bits per heavy atom. The molecule has 2 aromatic carbocycles. The van der Waals surface area contributed by atoms with E-state index in [0.717, 1.165) is 0 Å². The van der Waals surface area contributed by atoms with Gasteiger partial charge in [-0.15, -0.1) is 0 Å². The Morgan fingerprint density at radius 1 is 1.19 bits per heavy atom. The van der Waals surface area contributed by atoms with Crippen molar-refractivity contribution in [3.8, 4) is 17.2 Å². The van der Waals surface area contributed by atoms with Gasteiger partial charge in [0, 0.05) is 12.1 Å². The summed E-state index contributed by atoms with van der Waals surface area (Å²) < 4.78 is 16.0. The number of carbonyl (C=O) groups excluding carboxylic acids is 1. The Kier molecular flexibility index (Phi) is 7.12. The van der Waals surface area contributed by atoms with Gasteiger partial charge in [0.1, 0.15) is 5.75 Å². The average molecular weight is 438 g/mol. The summed E-state index contributed by atoms with van der Waals surface area (Å²) >= 11 is 3.16. The topological polar surface area (TPSA) is 112 Å². The zero-order valence-corrected chi connectivity index (χ0v) is 16.1. The van der Waals surface area contributed by atoms with Crippen LogP contribution in [0.15, 0.2) is 46.0 Å². The lowest BCUT2D eigenvalue weighted by molar-refractivity contribution is -0.384. The number of hydrogen-bond acceptors (Lipinski definition) is 7. The third-order valence-electron chi connectivity index (χ3n) is 3.30. The maximum Gasteiger partial charge on any atom is 0.277 e. The number of hydrogen-bond donors (Lipinski definition) is 1. The summed E-state index contributed by atoms with van der Waals surface area (Å²) in [6, 6.07) is 9.16. The molecule has 0 atom stereocenters. The van der Waals surface area contributed by atoms with Crippen molar-refractivity contribution in [2.45, 2.75) is 0 Å². The molecule has 0 aliphatic rings. The number of carbonyl (C=O) groups is 1. The van der Waals surface area contributed by atoms with Crippen LogP contribution in [0.25, 0.3) is 0 Å². The zero-order chi connectivity index (χ0) is 19.8. The van der Waals surface area contributed by atoms with Crippen LogP contribution in [0, 0.1) is 10.1 Å². The van der Waals surface area contributed by atoms with Crippen molar-refractivity contribution in [1.82, 2.24) is 5.43 Å². The maximum atomic E-state index is 11.8. The third kappa shape index (κ3) is 5.68. The fourth-order valence-corrected chi connectivity index (χ4v) is 2.49. The number of halogens is 1. The molecule has 0 unspecified atom stereocenters. The van der Waals surface area contributed by atoms with Gasteiger partial charge < -0.3 is 14.2 Å². The van der Waals surface area contributed by atoms with Crippen LogP contribution in [-0.2, 0) is 4.79 Å². The Hall–Kier alpha value is -3.14. The molecule has 0 aliphatic heterocycles. The van der Waals surface area contributed by atoms with Gasteiger partial charge in [0.05, 0.1) is 29.8 Å². The van der Waals surface area contributed by atoms with E-state index in [1.165, 1.54) is 38.6 Å². The normalized spacial score (nSPS) is 10.5. The average Bonchev–Trinajstić information content (AvgIpc) is 2.66. The number of ether oxygens (including phenoxy) is 3. The first-order valence-corrected chi connectivity index (χ1v) is 8.34. The van der Waals surface area contributed by atoms with Crippen LogP contribution >= 0.6 is 15.9 Å². The molecular weight excluding hydrogens is 422 g/mol. The van der Waals surface area contributed by atoms with E-state index in [4.69, 9.17) is 14.2 Å². The van der Waals surface area contributed by atoms with Crippen molar-refractivity contribution < 1.29 is 23.9 Å². The lowest BCUT2D eigenvalue weighted by Gasteiger charge is -2.08. The van der Waals surface area contributed by atoms with Gasteiger partial charge in [-0.05, 0) is 45.8 Å². The fraction of sp³-hybridized carbons (Fsp3) is 0.176. The second kappa shape index (κ2) is 9.53. The molecule has 2 aromatic rings. The molecule has 142 valence electrons. The smallest absolute Gasteiger partial charge is 0.277 e. The van der Waals surface area contributed by atoms with Crippen molar-refractivity contribution in [3.63, 3.8) is 0 Å². The minimum atomic E-state index is -0.524. The summed E-state index contributed by atoms with van der Waals surface area (Å²) in [6.45, 7) is -0.306. The number of nitro benzene ring substituents is 1. The van der Waals surface area contributed by atoms with Crippen LogP contribution in [0.5, 0.6) is 17.2 Å². The lowest BCUT2D eigenvalue weighted by Crippen LogP contribution is -2.24. The Labute approximate surface area is 163 Å². The molecule has 0 bridgehead atoms. The van der Waals surface area contributed by atoms with Gasteiger partial charge in [-0.3, -0.25) is 14.9 Å². The molecule has 1 N–H and O–H groups in total. The zero-order valence-electron chi connectivity index (χ0n) is 14.5. The molecule has 0 heterocycles. The van der Waals surface area contributed by atoms with Crippen LogP contribution < -0.4 is 19.6 Å². The monoisotopic (exact) mass is 437 g/mol. The molecule has 0 aromatic heterocycles. The number of nitro groups is 1. The minimum Gasteiger partial charge on any atom is -0.493 e. The molecule has 2 rings (SSSR count). The number of benzene rings is 2. The van der Waals surface area contributed by atoms with Gasteiger partial charge in [0.25, 0.3) is 11.6 Å². The Bertz CT molecular complexity index is 872. The quantitative estimate of drug-likeness (QED) is 0.385. The van der Waals surface area contributed by atoms with E-state index in [1.54, 1.807) is 18.2 Å². The second-order valence-electron chi connectivity index (χ2n) is 5.07. The molecule has 10 heteroatoms. The number of non-ortho nitro benzene ring substituents is 1. The molecule has 0 fully saturated rings. The van der Waals surface area contributed by atoms with E-state index in [0.29, 0.717) is 27.3 Å². The summed E-state index contributed by atoms with van der Waals surface area (Å²) in [4.78, 5) is 22.0. The molecule has 0 spiro atoms. The van der Waals surface area contributed by atoms with Gasteiger partial charge in [-0.1, -0.05) is 0 Å². The van der Waals surface area contributed by atoms with Crippen molar-refractivity contribution in [1.29, 1.82) is 0 Å². The van der Waals surface area contributed by atoms with E-state index in [1.807, 2.05) is 0 Å². The number of amides is 1. The number of methoxy groups -OCH3 is 2. The number of rotatable bonds is 8. The number of nitrogens with one attached hydrogen (secondary N) is 1. The van der Waals surface area contributed by atoms with Crippen molar-refractivity contribution in [2.75, 3.05) is 20.8 Å². The largest absolute Gasteiger partial charge is 0.493 e. The first kappa shape index (κ1) is 20.2. The second-order valence-corrected chi connectivity index (χ2v) is 5.92. The van der Waals surface area contributed by atoms with Crippen LogP contribution in [0.2, 0.25) is 0 Å². The summed E-state index contributed by atoms with van der Waals surface area (Å²) in [6.07, 6.45) is 1.45. The lowest BCUT2D eigenvalue weighted by atomic mass is 10.2. The van der Waals surface area contributed by atoms with E-state index < -0.39 is 10.8 Å². The molecule has 27 heavy (non-hydrogen) atoms. The summed E-state index contributed by atoms with van der Waals surface area (Å²) in [5.41, 5.74) is 2.94. The first-order valence-electron chi connectivity index (χ1n) is 7.55. The van der Waals surface area contributed by atoms with E-state index >= 15 is 0 Å². The fourth-order valence-electron chi connectivity index (χ4n) is 2.01. The number of hydrazone groups is 1. The predicted octanol–water partition coefficient (Wildman–Crippen LogP) is 2.90. The van der Waals surface area contributed by atoms with E-state index in [2.05, 4.69) is 26.5 Å². The van der Waals surface area contributed by atoms with E-state index in [9.17, 15) is 14.9 Å². The summed E-state index contributed by atoms with van der Waals surface area (Å²) in [5, 5.41) is 14.5. The molecule has 0 aliphatic carbocycles. The predicted molar refractivity (Wildman–Crippen MR) is 102 cm³/mol. The minimum absolute atomic E-state index is 0.0850. The van der Waals surface area contributed by atoms with Gasteiger partial charge in [0.15, 0.2) is 18.1 Å². The Morgan fingerprint density at radius 2 is 1.89 bits per heavy atom. The van der Waals surface area contributed by atoms with Crippen LogP contribution in [0.1, 0.15) is 5.56 Å². The van der Waals surface area contributed by atoms with E-state index in [-0.39, 0.29) is 12.3 Å². The molecule has 1 amide bonds. The molecule has 0 saturated heterocycles. The van der Waals surface area contributed by atoms with Crippen LogP contribution in [0.4, 0.5) is 5.69 Å². The maximum absolute atomic E-state index is 11.8. The van der Waals surface area contributed by atoms with Gasteiger partial charge in [0.2, 0.25) is 0 Å². The highest BCUT2D eigenvalue weighted by Gasteiger charge is 2.11. The highest BCUT2D eigenvalue weighted by Crippen LogP contribution is 2.29. The summed E-state index contributed by atoms with van der Waals surface area (Å²) in [7, 11) is 3.06. The SMILES string of the molecule is COc1ccc(/C=N\NC(=O)COc2ccc([N+](=O)[O-])cc2Br)cc1OC. The van der Waals surface area contributed by atoms with Gasteiger partial charge >= 0.3 is 0 Å². The molecule has 0 radical (unpaired) electrons. The van der Waals surface area contributed by atoms with Crippen molar-refractivity contribution >= 4 is 33.7 Å². The molecule has 9 nitrogen and oxygen atoms in total. The van der Waals surface area contributed by atoms with Gasteiger partial charge in [-0.25, -0.2) is 5.43 Å². The van der Waals surface area contributed by atoms with Crippen molar-refractivity contribution in [3.05, 3.63) is 56.5 Å². The molecular formula is C17H16BrN3O6. The Balaban J connectivity index is 1.89. The van der Waals surface area contributed by atoms with Crippen LogP contribution in [0.3, 0.4) is 0 Å². The van der Waals surface area contributed by atoms with Gasteiger partial charge in [-0.2, -0.15) is 5.10 Å². The van der Waals surface area contributed by atoms with Crippen LogP contribution in [-0.4, -0.2) is 37.9 Å². The van der Waals surface area contributed by atoms with Crippen molar-refractivity contribution in [2.24, 2.45) is 5.10 Å². The first-order chi connectivity index (χ1) is 12.9. The number of nitrogens with zero attached hydrogens (tertiary/aromatic N) is 2. The highest BCUT2D eigenvalue weighted by molar-refractivity contribution is 9.10.